The molecular formula is C14H17N3O4S. The lowest BCUT2D eigenvalue weighted by molar-refractivity contribution is -0.148. The molecule has 1 amide bonds. The molecule has 1 atom stereocenters. The molecule has 22 heavy (non-hydrogen) atoms. The van der Waals surface area contributed by atoms with Gasteiger partial charge in [0.1, 0.15) is 6.04 Å². The van der Waals surface area contributed by atoms with Crippen LogP contribution < -0.4 is 0 Å². The summed E-state index contributed by atoms with van der Waals surface area (Å²) in [6, 6.07) is 2.99. The maximum atomic E-state index is 11.9. The van der Waals surface area contributed by atoms with Crippen molar-refractivity contribution in [3.63, 3.8) is 0 Å². The molecule has 0 aromatic carbocycles. The molecule has 0 saturated carbocycles. The van der Waals surface area contributed by atoms with Crippen molar-refractivity contribution in [3.05, 3.63) is 23.4 Å². The first-order valence-corrected chi connectivity index (χ1v) is 7.72. The van der Waals surface area contributed by atoms with Crippen molar-refractivity contribution in [1.82, 2.24) is 15.0 Å². The van der Waals surface area contributed by atoms with Crippen LogP contribution in [0.1, 0.15) is 25.7 Å². The minimum absolute atomic E-state index is 0.215. The Bertz CT molecular complexity index is 638. The summed E-state index contributed by atoms with van der Waals surface area (Å²) < 4.78 is 5.14. The van der Waals surface area contributed by atoms with E-state index in [-0.39, 0.29) is 12.3 Å². The zero-order chi connectivity index (χ0) is 16.1. The van der Waals surface area contributed by atoms with E-state index in [1.54, 1.807) is 0 Å². The summed E-state index contributed by atoms with van der Waals surface area (Å²) >= 11 is 1.53. The zero-order valence-corrected chi connectivity index (χ0v) is 13.2. The van der Waals surface area contributed by atoms with Gasteiger partial charge in [-0.05, 0) is 24.8 Å². The second-order valence-electron chi connectivity index (χ2n) is 4.86. The number of rotatable bonds is 7. The zero-order valence-electron chi connectivity index (χ0n) is 12.4. The molecule has 1 unspecified atom stereocenters. The molecule has 0 radical (unpaired) electrons. The van der Waals surface area contributed by atoms with E-state index in [2.05, 4.69) is 10.1 Å². The monoisotopic (exact) mass is 323 g/mol. The fraction of sp³-hybridized carbons (Fsp3) is 0.429. The highest BCUT2D eigenvalue weighted by Crippen LogP contribution is 2.21. The topological polar surface area (TPSA) is 96.5 Å². The van der Waals surface area contributed by atoms with Crippen molar-refractivity contribution in [2.45, 2.75) is 32.2 Å². The van der Waals surface area contributed by atoms with Gasteiger partial charge in [0, 0.05) is 19.9 Å². The lowest BCUT2D eigenvalue weighted by atomic mass is 10.2. The molecule has 0 saturated heterocycles. The van der Waals surface area contributed by atoms with E-state index < -0.39 is 12.0 Å². The fourth-order valence-electron chi connectivity index (χ4n) is 1.81. The molecule has 2 aromatic rings. The number of hydrogen-bond acceptors (Lipinski definition) is 6. The Balaban J connectivity index is 1.81. The Hall–Kier alpha value is -2.22. The lowest BCUT2D eigenvalue weighted by Crippen LogP contribution is -2.40. The van der Waals surface area contributed by atoms with Crippen LogP contribution in [-0.4, -0.2) is 45.1 Å². The molecule has 2 aromatic heterocycles. The van der Waals surface area contributed by atoms with Crippen molar-refractivity contribution in [3.8, 4) is 10.7 Å². The number of aromatic nitrogens is 2. The summed E-state index contributed by atoms with van der Waals surface area (Å²) in [4.78, 5) is 29.1. The molecular weight excluding hydrogens is 306 g/mol. The smallest absolute Gasteiger partial charge is 0.326 e. The van der Waals surface area contributed by atoms with Gasteiger partial charge in [0.05, 0.1) is 4.88 Å². The first kappa shape index (κ1) is 16.2. The van der Waals surface area contributed by atoms with Crippen LogP contribution >= 0.6 is 11.3 Å². The highest BCUT2D eigenvalue weighted by atomic mass is 32.1. The number of carboxylic acids is 1. The molecule has 0 bridgehead atoms. The molecule has 0 aliphatic rings. The van der Waals surface area contributed by atoms with Crippen LogP contribution in [0.3, 0.4) is 0 Å². The minimum Gasteiger partial charge on any atom is -0.480 e. The van der Waals surface area contributed by atoms with Crippen molar-refractivity contribution in [2.75, 3.05) is 7.05 Å². The second-order valence-corrected chi connectivity index (χ2v) is 5.81. The van der Waals surface area contributed by atoms with Gasteiger partial charge in [-0.2, -0.15) is 4.98 Å². The molecule has 7 nitrogen and oxygen atoms in total. The number of carbonyl (C=O) groups is 2. The number of aliphatic carboxylic acids is 1. The summed E-state index contributed by atoms with van der Waals surface area (Å²) in [5, 5.41) is 14.7. The Morgan fingerprint density at radius 2 is 2.27 bits per heavy atom. The molecule has 1 N–H and O–H groups in total. The van der Waals surface area contributed by atoms with Crippen LogP contribution in [0.2, 0.25) is 0 Å². The van der Waals surface area contributed by atoms with Gasteiger partial charge >= 0.3 is 5.97 Å². The number of amides is 1. The van der Waals surface area contributed by atoms with Crippen LogP contribution in [0.25, 0.3) is 10.7 Å². The maximum absolute atomic E-state index is 11.9. The third kappa shape index (κ3) is 3.91. The number of carboxylic acid groups (broad SMARTS) is 1. The molecule has 118 valence electrons. The average molecular weight is 323 g/mol. The Labute approximate surface area is 131 Å². The van der Waals surface area contributed by atoms with Crippen LogP contribution in [-0.2, 0) is 16.0 Å². The summed E-state index contributed by atoms with van der Waals surface area (Å²) in [7, 11) is 1.49. The predicted molar refractivity (Wildman–Crippen MR) is 80.4 cm³/mol. The highest BCUT2D eigenvalue weighted by molar-refractivity contribution is 7.13. The summed E-state index contributed by atoms with van der Waals surface area (Å²) in [6.07, 6.45) is 1.26. The molecule has 0 fully saturated rings. The van der Waals surface area contributed by atoms with Gasteiger partial charge in [-0.15, -0.1) is 11.3 Å². The summed E-state index contributed by atoms with van der Waals surface area (Å²) in [5.74, 6) is -0.209. The van der Waals surface area contributed by atoms with E-state index in [0.717, 1.165) is 4.88 Å². The van der Waals surface area contributed by atoms with E-state index in [0.29, 0.717) is 24.6 Å². The van der Waals surface area contributed by atoms with Crippen molar-refractivity contribution < 1.29 is 19.2 Å². The average Bonchev–Trinajstić information content (AvgIpc) is 3.16. The van der Waals surface area contributed by atoms with Crippen LogP contribution in [0.5, 0.6) is 0 Å². The predicted octanol–water partition coefficient (Wildman–Crippen LogP) is 2.05. The van der Waals surface area contributed by atoms with Gasteiger partial charge in [-0.25, -0.2) is 4.79 Å². The van der Waals surface area contributed by atoms with E-state index >= 15 is 0 Å². The fourth-order valence-corrected chi connectivity index (χ4v) is 2.46. The number of thiophene rings is 1. The molecule has 2 heterocycles. The Kier molecular flexibility index (Phi) is 5.26. The van der Waals surface area contributed by atoms with Gasteiger partial charge < -0.3 is 14.5 Å². The quantitative estimate of drug-likeness (QED) is 0.837. The Morgan fingerprint density at radius 3 is 2.91 bits per heavy atom. The van der Waals surface area contributed by atoms with Crippen molar-refractivity contribution in [1.29, 1.82) is 0 Å². The summed E-state index contributed by atoms with van der Waals surface area (Å²) in [6.45, 7) is 1.48. The van der Waals surface area contributed by atoms with Crippen molar-refractivity contribution >= 4 is 23.2 Å². The standard InChI is InChI=1S/C14H17N3O4S/c1-9(14(19)20)17(2)12(18)7-3-6-11-15-13(16-21-11)10-5-4-8-22-10/h4-5,8-9H,3,6-7H2,1-2H3,(H,19,20). The van der Waals surface area contributed by atoms with E-state index in [9.17, 15) is 9.59 Å². The molecule has 0 spiro atoms. The van der Waals surface area contributed by atoms with E-state index in [4.69, 9.17) is 9.63 Å². The van der Waals surface area contributed by atoms with Crippen LogP contribution in [0, 0.1) is 0 Å². The number of aryl methyl sites for hydroxylation is 1. The number of hydrogen-bond donors (Lipinski definition) is 1. The summed E-state index contributed by atoms with van der Waals surface area (Å²) in [5.41, 5.74) is 0. The largest absolute Gasteiger partial charge is 0.480 e. The maximum Gasteiger partial charge on any atom is 0.326 e. The molecule has 2 rings (SSSR count). The first-order valence-electron chi connectivity index (χ1n) is 6.84. The minimum atomic E-state index is -1.02. The number of carbonyl (C=O) groups excluding carboxylic acids is 1. The molecule has 8 heteroatoms. The Morgan fingerprint density at radius 1 is 1.50 bits per heavy atom. The third-order valence-corrected chi connectivity index (χ3v) is 4.19. The van der Waals surface area contributed by atoms with Gasteiger partial charge in [0.15, 0.2) is 0 Å². The first-order chi connectivity index (χ1) is 10.5. The van der Waals surface area contributed by atoms with Gasteiger partial charge in [0.2, 0.25) is 17.6 Å². The molecule has 0 aliphatic carbocycles. The third-order valence-electron chi connectivity index (χ3n) is 3.32. The highest BCUT2D eigenvalue weighted by Gasteiger charge is 2.21. The van der Waals surface area contributed by atoms with Gasteiger partial charge in [0.25, 0.3) is 0 Å². The SMILES string of the molecule is CC(C(=O)O)N(C)C(=O)CCCc1nc(-c2cccs2)no1. The van der Waals surface area contributed by atoms with E-state index in [1.165, 1.54) is 30.2 Å². The van der Waals surface area contributed by atoms with E-state index in [1.807, 2.05) is 17.5 Å². The number of likely N-dealkylation sites (N-methyl/N-ethyl adjacent to an activating group) is 1. The number of nitrogens with zero attached hydrogens (tertiary/aromatic N) is 3. The van der Waals surface area contributed by atoms with Crippen molar-refractivity contribution in [2.24, 2.45) is 0 Å². The van der Waals surface area contributed by atoms with Crippen LogP contribution in [0.4, 0.5) is 0 Å². The van der Waals surface area contributed by atoms with Gasteiger partial charge in [-0.1, -0.05) is 11.2 Å². The normalized spacial score (nSPS) is 12.1. The molecule has 0 aliphatic heterocycles. The lowest BCUT2D eigenvalue weighted by Gasteiger charge is -2.21. The second kappa shape index (κ2) is 7.17. The van der Waals surface area contributed by atoms with Gasteiger partial charge in [-0.3, -0.25) is 4.79 Å². The van der Waals surface area contributed by atoms with Crippen LogP contribution in [0.15, 0.2) is 22.0 Å².